The van der Waals surface area contributed by atoms with Crippen molar-refractivity contribution in [3.8, 4) is 11.5 Å². The van der Waals surface area contributed by atoms with Gasteiger partial charge in [-0.25, -0.2) is 0 Å². The number of imide groups is 1. The van der Waals surface area contributed by atoms with Gasteiger partial charge in [0.15, 0.2) is 11.5 Å². The first kappa shape index (κ1) is 25.3. The molecule has 0 aliphatic carbocycles. The molecule has 0 bridgehead atoms. The minimum atomic E-state index is -0.543. The van der Waals surface area contributed by atoms with Crippen LogP contribution in [-0.4, -0.2) is 66.5 Å². The van der Waals surface area contributed by atoms with E-state index in [-0.39, 0.29) is 17.2 Å². The number of phenols is 1. The number of phenolic OH excluding ortho intramolecular Hbond substituents is 1. The predicted molar refractivity (Wildman–Crippen MR) is 143 cm³/mol. The Kier molecular flexibility index (Phi) is 8.19. The second kappa shape index (κ2) is 11.3. The van der Waals surface area contributed by atoms with Gasteiger partial charge in [0.1, 0.15) is 6.54 Å². The van der Waals surface area contributed by atoms with Gasteiger partial charge in [-0.15, -0.1) is 0 Å². The molecule has 0 atom stereocenters. The first-order chi connectivity index (χ1) is 16.9. The molecule has 2 N–H and O–H groups in total. The number of hydrogen-bond donors (Lipinski definition) is 2. The summed E-state index contributed by atoms with van der Waals surface area (Å²) in [5.74, 6) is -0.694. The van der Waals surface area contributed by atoms with Gasteiger partial charge < -0.3 is 24.8 Å². The molecule has 0 unspecified atom stereocenters. The van der Waals surface area contributed by atoms with Crippen LogP contribution in [-0.2, 0) is 14.3 Å². The quantitative estimate of drug-likeness (QED) is 0.360. The fourth-order valence-electron chi connectivity index (χ4n) is 3.65. The van der Waals surface area contributed by atoms with Crippen LogP contribution in [0.15, 0.2) is 41.3 Å². The van der Waals surface area contributed by atoms with E-state index in [9.17, 15) is 19.5 Å². The van der Waals surface area contributed by atoms with Crippen molar-refractivity contribution in [2.75, 3.05) is 49.7 Å². The SMILES string of the molecule is CCOc1cc(/C=C2/SC(=O)N(CC(=O)Nc3ccc(N4CCOCC4)cc3)C2=O)cc(I)c1O. The fraction of sp³-hybridized carbons (Fsp3) is 0.292. The number of carbonyl (C=O) groups excluding carboxylic acids is 3. The maximum absolute atomic E-state index is 12.8. The zero-order chi connectivity index (χ0) is 24.9. The summed E-state index contributed by atoms with van der Waals surface area (Å²) in [7, 11) is 0. The number of thioether (sulfide) groups is 1. The summed E-state index contributed by atoms with van der Waals surface area (Å²) >= 11 is 2.74. The second-order valence-corrected chi connectivity index (χ2v) is 9.90. The number of halogens is 1. The fourth-order valence-corrected chi connectivity index (χ4v) is 5.12. The molecular weight excluding hydrogens is 585 g/mol. The summed E-state index contributed by atoms with van der Waals surface area (Å²) in [5.41, 5.74) is 2.22. The van der Waals surface area contributed by atoms with E-state index in [2.05, 4.69) is 10.2 Å². The Morgan fingerprint density at radius 3 is 2.63 bits per heavy atom. The average Bonchev–Trinajstić information content (AvgIpc) is 3.10. The molecule has 11 heteroatoms. The molecule has 3 amide bonds. The summed E-state index contributed by atoms with van der Waals surface area (Å²) in [6, 6.07) is 10.7. The number of morpholine rings is 1. The molecule has 0 radical (unpaired) electrons. The molecule has 9 nitrogen and oxygen atoms in total. The normalized spacial score (nSPS) is 17.3. The smallest absolute Gasteiger partial charge is 0.294 e. The minimum Gasteiger partial charge on any atom is -0.504 e. The van der Waals surface area contributed by atoms with Gasteiger partial charge in [-0.3, -0.25) is 19.3 Å². The summed E-state index contributed by atoms with van der Waals surface area (Å²) in [6.07, 6.45) is 1.55. The average molecular weight is 609 g/mol. The first-order valence-electron chi connectivity index (χ1n) is 11.0. The van der Waals surface area contributed by atoms with Gasteiger partial charge in [0.05, 0.1) is 28.3 Å². The molecule has 184 valence electrons. The van der Waals surface area contributed by atoms with Gasteiger partial charge in [0.25, 0.3) is 11.1 Å². The van der Waals surface area contributed by atoms with Crippen LogP contribution in [0.2, 0.25) is 0 Å². The van der Waals surface area contributed by atoms with Crippen LogP contribution in [0, 0.1) is 3.57 Å². The van der Waals surface area contributed by atoms with Crippen molar-refractivity contribution in [2.24, 2.45) is 0 Å². The first-order valence-corrected chi connectivity index (χ1v) is 12.9. The van der Waals surface area contributed by atoms with Crippen LogP contribution < -0.4 is 15.0 Å². The van der Waals surface area contributed by atoms with Crippen molar-refractivity contribution < 1.29 is 29.0 Å². The Bertz CT molecular complexity index is 1160. The number of anilines is 2. The Morgan fingerprint density at radius 2 is 1.94 bits per heavy atom. The van der Waals surface area contributed by atoms with E-state index in [0.29, 0.717) is 40.4 Å². The third-order valence-electron chi connectivity index (χ3n) is 5.35. The van der Waals surface area contributed by atoms with Crippen molar-refractivity contribution in [1.29, 1.82) is 0 Å². The van der Waals surface area contributed by atoms with E-state index in [4.69, 9.17) is 9.47 Å². The number of ether oxygens (including phenoxy) is 2. The van der Waals surface area contributed by atoms with E-state index in [1.165, 1.54) is 0 Å². The Labute approximate surface area is 220 Å². The van der Waals surface area contributed by atoms with E-state index in [1.807, 2.05) is 34.7 Å². The Morgan fingerprint density at radius 1 is 1.23 bits per heavy atom. The zero-order valence-corrected chi connectivity index (χ0v) is 21.9. The van der Waals surface area contributed by atoms with E-state index in [1.54, 1.807) is 37.3 Å². The topological polar surface area (TPSA) is 108 Å². The number of aromatic hydroxyl groups is 1. The van der Waals surface area contributed by atoms with Crippen molar-refractivity contribution in [3.05, 3.63) is 50.4 Å². The maximum Gasteiger partial charge on any atom is 0.294 e. The van der Waals surface area contributed by atoms with Crippen molar-refractivity contribution in [3.63, 3.8) is 0 Å². The zero-order valence-electron chi connectivity index (χ0n) is 19.0. The summed E-state index contributed by atoms with van der Waals surface area (Å²) in [6.45, 7) is 4.78. The molecular formula is C24H24IN3O6S. The number of nitrogens with zero attached hydrogens (tertiary/aromatic N) is 2. The van der Waals surface area contributed by atoms with Crippen LogP contribution in [0.3, 0.4) is 0 Å². The van der Waals surface area contributed by atoms with Crippen molar-refractivity contribution in [1.82, 2.24) is 4.90 Å². The third-order valence-corrected chi connectivity index (χ3v) is 7.08. The van der Waals surface area contributed by atoms with Crippen LogP contribution in [0.25, 0.3) is 6.08 Å². The number of amides is 3. The lowest BCUT2D eigenvalue weighted by Crippen LogP contribution is -2.36. The lowest BCUT2D eigenvalue weighted by Gasteiger charge is -2.28. The molecule has 0 aromatic heterocycles. The lowest BCUT2D eigenvalue weighted by molar-refractivity contribution is -0.127. The maximum atomic E-state index is 12.8. The highest BCUT2D eigenvalue weighted by Crippen LogP contribution is 2.36. The Balaban J connectivity index is 1.40. The number of benzene rings is 2. The van der Waals surface area contributed by atoms with Gasteiger partial charge >= 0.3 is 0 Å². The van der Waals surface area contributed by atoms with Crippen LogP contribution in [0.5, 0.6) is 11.5 Å². The predicted octanol–water partition coefficient (Wildman–Crippen LogP) is 3.91. The highest BCUT2D eigenvalue weighted by molar-refractivity contribution is 14.1. The molecule has 2 saturated heterocycles. The summed E-state index contributed by atoms with van der Waals surface area (Å²) in [5, 5.41) is 12.3. The monoisotopic (exact) mass is 609 g/mol. The van der Waals surface area contributed by atoms with Gasteiger partial charge in [0.2, 0.25) is 5.91 Å². The van der Waals surface area contributed by atoms with Crippen LogP contribution >= 0.6 is 34.4 Å². The molecule has 2 aromatic rings. The number of carbonyl (C=O) groups is 3. The third kappa shape index (κ3) is 6.08. The molecule has 2 aromatic carbocycles. The number of nitrogens with one attached hydrogen (secondary N) is 1. The Hall–Kier alpha value is -2.77. The number of rotatable bonds is 7. The summed E-state index contributed by atoms with van der Waals surface area (Å²) < 4.78 is 11.3. The molecule has 2 aliphatic rings. The largest absolute Gasteiger partial charge is 0.504 e. The molecule has 0 spiro atoms. The molecule has 4 rings (SSSR count). The van der Waals surface area contributed by atoms with Gasteiger partial charge in [-0.05, 0) is 89.3 Å². The number of hydrogen-bond acceptors (Lipinski definition) is 8. The molecule has 35 heavy (non-hydrogen) atoms. The summed E-state index contributed by atoms with van der Waals surface area (Å²) in [4.78, 5) is 41.1. The highest BCUT2D eigenvalue weighted by Gasteiger charge is 2.36. The van der Waals surface area contributed by atoms with E-state index >= 15 is 0 Å². The molecule has 2 fully saturated rings. The van der Waals surface area contributed by atoms with E-state index in [0.717, 1.165) is 35.4 Å². The van der Waals surface area contributed by atoms with Crippen LogP contribution in [0.1, 0.15) is 12.5 Å². The highest BCUT2D eigenvalue weighted by atomic mass is 127. The van der Waals surface area contributed by atoms with Crippen LogP contribution in [0.4, 0.5) is 16.2 Å². The lowest BCUT2D eigenvalue weighted by atomic mass is 10.2. The van der Waals surface area contributed by atoms with E-state index < -0.39 is 17.1 Å². The molecule has 0 saturated carbocycles. The van der Waals surface area contributed by atoms with Crippen molar-refractivity contribution >= 4 is 68.9 Å². The minimum absolute atomic E-state index is 0.0207. The van der Waals surface area contributed by atoms with Gasteiger partial charge in [0, 0.05) is 24.5 Å². The van der Waals surface area contributed by atoms with Crippen molar-refractivity contribution in [2.45, 2.75) is 6.92 Å². The molecule has 2 heterocycles. The standard InChI is InChI=1S/C24H24IN3O6S/c1-2-34-19-12-15(11-18(25)22(19)30)13-20-23(31)28(24(32)35-20)14-21(29)26-16-3-5-17(6-4-16)27-7-9-33-10-8-27/h3-6,11-13,30H,2,7-10,14H2,1H3,(H,26,29)/b20-13+. The molecule has 2 aliphatic heterocycles. The van der Waals surface area contributed by atoms with Gasteiger partial charge in [-0.1, -0.05) is 0 Å². The van der Waals surface area contributed by atoms with Gasteiger partial charge in [-0.2, -0.15) is 0 Å². The second-order valence-electron chi connectivity index (χ2n) is 7.74.